The number of aliphatic hydroxyl groups is 2. The molecule has 0 aliphatic heterocycles. The van der Waals surface area contributed by atoms with E-state index in [-0.39, 0.29) is 39.7 Å². The Balaban J connectivity index is 1.39. The number of benzene rings is 2. The monoisotopic (exact) mass is 552 g/mol. The molecular weight excluding hydrogens is 530 g/mol. The van der Waals surface area contributed by atoms with Crippen LogP contribution in [0.3, 0.4) is 0 Å². The first-order valence-corrected chi connectivity index (χ1v) is 13.5. The molecule has 1 unspecified atom stereocenters. The number of carbonyl (C=O) groups is 1. The van der Waals surface area contributed by atoms with Gasteiger partial charge in [0.15, 0.2) is 21.5 Å². The molecule has 0 saturated heterocycles. The van der Waals surface area contributed by atoms with Gasteiger partial charge in [-0.1, -0.05) is 16.8 Å². The van der Waals surface area contributed by atoms with Crippen LogP contribution in [-0.4, -0.2) is 50.8 Å². The van der Waals surface area contributed by atoms with Crippen LogP contribution in [-0.2, 0) is 9.84 Å². The van der Waals surface area contributed by atoms with Crippen molar-refractivity contribution >= 4 is 33.0 Å². The van der Waals surface area contributed by atoms with Crippen LogP contribution in [0.15, 0.2) is 47.5 Å². The Bertz CT molecular complexity index is 1440. The van der Waals surface area contributed by atoms with Crippen LogP contribution in [0.25, 0.3) is 0 Å². The average Bonchev–Trinajstić information content (AvgIpc) is 3.43. The average molecular weight is 553 g/mol. The van der Waals surface area contributed by atoms with Crippen LogP contribution in [0.5, 0.6) is 0 Å². The highest BCUT2D eigenvalue weighted by Crippen LogP contribution is 2.56. The second kappa shape index (κ2) is 9.43. The largest absolute Gasteiger partial charge is 0.386 e. The van der Waals surface area contributed by atoms with Gasteiger partial charge in [0.25, 0.3) is 5.91 Å². The second-order valence-electron chi connectivity index (χ2n) is 9.53. The molecule has 37 heavy (non-hydrogen) atoms. The van der Waals surface area contributed by atoms with E-state index < -0.39 is 56.2 Å². The van der Waals surface area contributed by atoms with Crippen molar-refractivity contribution in [1.82, 2.24) is 15.4 Å². The number of H-pyrrole nitrogens is 1. The number of halogens is 3. The number of aromatic nitrogens is 3. The Hall–Kier alpha value is -2.93. The van der Waals surface area contributed by atoms with Crippen molar-refractivity contribution < 1.29 is 32.2 Å². The maximum atomic E-state index is 13.7. The van der Waals surface area contributed by atoms with Gasteiger partial charge in [0.05, 0.1) is 15.2 Å². The van der Waals surface area contributed by atoms with Crippen molar-refractivity contribution in [2.75, 3.05) is 5.32 Å². The van der Waals surface area contributed by atoms with E-state index in [1.807, 2.05) is 0 Å². The van der Waals surface area contributed by atoms with E-state index in [4.69, 9.17) is 11.6 Å². The molecular formula is C24H23ClF2N4O5S. The third-order valence-corrected chi connectivity index (χ3v) is 10.2. The maximum Gasteiger partial charge on any atom is 0.255 e. The summed E-state index contributed by atoms with van der Waals surface area (Å²) in [5.74, 6) is -3.95. The summed E-state index contributed by atoms with van der Waals surface area (Å²) in [4.78, 5) is 12.5. The molecule has 2 saturated carbocycles. The molecule has 4 N–H and O–H groups in total. The van der Waals surface area contributed by atoms with Crippen LogP contribution in [0, 0.1) is 23.5 Å². The number of hydrogen-bond donors (Lipinski definition) is 4. The highest BCUT2D eigenvalue weighted by Gasteiger charge is 2.59. The van der Waals surface area contributed by atoms with Crippen molar-refractivity contribution in [2.24, 2.45) is 11.8 Å². The molecule has 1 amide bonds. The van der Waals surface area contributed by atoms with Gasteiger partial charge >= 0.3 is 0 Å². The number of sulfone groups is 1. The minimum absolute atomic E-state index is 0.00271. The van der Waals surface area contributed by atoms with E-state index in [1.165, 1.54) is 24.4 Å². The zero-order chi connectivity index (χ0) is 26.5. The Morgan fingerprint density at radius 3 is 2.46 bits per heavy atom. The Morgan fingerprint density at radius 2 is 1.84 bits per heavy atom. The molecule has 0 radical (unpaired) electrons. The predicted molar refractivity (Wildman–Crippen MR) is 128 cm³/mol. The summed E-state index contributed by atoms with van der Waals surface area (Å²) in [6.45, 7) is 0. The summed E-state index contributed by atoms with van der Waals surface area (Å²) >= 11 is 6.26. The number of anilines is 1. The third kappa shape index (κ3) is 4.41. The zero-order valence-electron chi connectivity index (χ0n) is 19.2. The quantitative estimate of drug-likeness (QED) is 0.366. The molecule has 5 rings (SSSR count). The number of carbonyl (C=O) groups excluding carboxylic acids is 1. The fourth-order valence-corrected chi connectivity index (χ4v) is 8.04. The molecule has 1 aromatic heterocycles. The van der Waals surface area contributed by atoms with Gasteiger partial charge in [0.2, 0.25) is 0 Å². The second-order valence-corrected chi connectivity index (χ2v) is 12.1. The van der Waals surface area contributed by atoms with Crippen molar-refractivity contribution in [1.29, 1.82) is 0 Å². The number of nitrogens with zero attached hydrogens (tertiary/aromatic N) is 2. The van der Waals surface area contributed by atoms with Gasteiger partial charge in [0, 0.05) is 23.5 Å². The fourth-order valence-electron chi connectivity index (χ4n) is 5.64. The lowest BCUT2D eigenvalue weighted by molar-refractivity contribution is -0.145. The van der Waals surface area contributed by atoms with Crippen molar-refractivity contribution in [3.05, 3.63) is 70.5 Å². The van der Waals surface area contributed by atoms with Crippen LogP contribution >= 0.6 is 11.6 Å². The normalized spacial score (nSPS) is 26.1. The molecule has 2 aliphatic carbocycles. The summed E-state index contributed by atoms with van der Waals surface area (Å²) in [6.07, 6.45) is 1.32. The molecule has 2 aliphatic rings. The van der Waals surface area contributed by atoms with Crippen LogP contribution in [0.2, 0.25) is 5.02 Å². The highest BCUT2D eigenvalue weighted by molar-refractivity contribution is 7.92. The topological polar surface area (TPSA) is 145 Å². The number of aromatic amines is 1. The molecule has 3 aromatic rings. The number of rotatable bonds is 6. The number of fused-ring (bicyclic) bond motifs is 2. The van der Waals surface area contributed by atoms with E-state index >= 15 is 0 Å². The minimum atomic E-state index is -4.04. The SMILES string of the molecule is O=C(Nc1ccc(F)c(F)c1)c1ccc(Cl)c(S(=O)(=O)[C@@H]2C[C@H]3CC[C@@H](C2)[C@@]3(O)C(O)c2c[nH]nn2)c1. The molecule has 0 spiro atoms. The molecule has 2 bridgehead atoms. The van der Waals surface area contributed by atoms with Gasteiger partial charge in [-0.25, -0.2) is 17.2 Å². The zero-order valence-corrected chi connectivity index (χ0v) is 20.8. The summed E-state index contributed by atoms with van der Waals surface area (Å²) in [7, 11) is -4.04. The van der Waals surface area contributed by atoms with E-state index in [9.17, 15) is 32.2 Å². The number of hydrogen-bond acceptors (Lipinski definition) is 7. The van der Waals surface area contributed by atoms with Gasteiger partial charge in [-0.05, 0) is 67.9 Å². The summed E-state index contributed by atoms with van der Waals surface area (Å²) in [5, 5.41) is 33.6. The summed E-state index contributed by atoms with van der Waals surface area (Å²) < 4.78 is 54.0. The van der Waals surface area contributed by atoms with Crippen molar-refractivity contribution in [3.8, 4) is 0 Å². The number of amides is 1. The molecule has 196 valence electrons. The van der Waals surface area contributed by atoms with Crippen LogP contribution in [0.1, 0.15) is 47.8 Å². The van der Waals surface area contributed by atoms with Gasteiger partial charge < -0.3 is 15.5 Å². The molecule has 2 fully saturated rings. The van der Waals surface area contributed by atoms with Gasteiger partial charge in [0.1, 0.15) is 17.4 Å². The van der Waals surface area contributed by atoms with E-state index in [0.29, 0.717) is 12.8 Å². The van der Waals surface area contributed by atoms with Crippen molar-refractivity contribution in [3.63, 3.8) is 0 Å². The Labute approximate surface area is 215 Å². The number of aliphatic hydroxyl groups excluding tert-OH is 1. The molecule has 5 atom stereocenters. The number of nitrogens with one attached hydrogen (secondary N) is 2. The molecule has 2 aromatic carbocycles. The molecule has 9 nitrogen and oxygen atoms in total. The maximum absolute atomic E-state index is 13.7. The lowest BCUT2D eigenvalue weighted by Crippen LogP contribution is -2.52. The summed E-state index contributed by atoms with van der Waals surface area (Å²) in [6, 6.07) is 6.62. The first-order chi connectivity index (χ1) is 17.5. The fraction of sp³-hybridized carbons (Fsp3) is 0.375. The minimum Gasteiger partial charge on any atom is -0.386 e. The van der Waals surface area contributed by atoms with Crippen LogP contribution in [0.4, 0.5) is 14.5 Å². The van der Waals surface area contributed by atoms with E-state index in [0.717, 1.165) is 18.2 Å². The standard InChI is InChI=1S/C24H23ClF2N4O5S/c25-17-5-1-12(23(33)29-15-4-6-18(26)19(27)10-15)7-21(17)37(35,36)16-8-13-2-3-14(9-16)24(13,34)22(32)20-11-28-31-30-20/h1,4-7,10-11,13-14,16,22,32,34H,2-3,8-9H2,(H,29,33)(H,28,30,31)/t13-,14+,16-,22?,24-. The van der Waals surface area contributed by atoms with Gasteiger partial charge in [-0.15, -0.1) is 5.10 Å². The molecule has 1 heterocycles. The highest BCUT2D eigenvalue weighted by atomic mass is 35.5. The predicted octanol–water partition coefficient (Wildman–Crippen LogP) is 3.42. The Morgan fingerprint density at radius 1 is 1.14 bits per heavy atom. The van der Waals surface area contributed by atoms with Crippen LogP contribution < -0.4 is 5.32 Å². The summed E-state index contributed by atoms with van der Waals surface area (Å²) in [5.41, 5.74) is -1.40. The van der Waals surface area contributed by atoms with Gasteiger partial charge in [-0.2, -0.15) is 0 Å². The smallest absolute Gasteiger partial charge is 0.255 e. The molecule has 13 heteroatoms. The van der Waals surface area contributed by atoms with Gasteiger partial charge in [-0.3, -0.25) is 9.89 Å². The van der Waals surface area contributed by atoms with Crippen molar-refractivity contribution in [2.45, 2.75) is 47.5 Å². The van der Waals surface area contributed by atoms with E-state index in [1.54, 1.807) is 0 Å². The lowest BCUT2D eigenvalue weighted by Gasteiger charge is -2.44. The Kier molecular flexibility index (Phi) is 6.55. The van der Waals surface area contributed by atoms with E-state index in [2.05, 4.69) is 20.7 Å². The lowest BCUT2D eigenvalue weighted by atomic mass is 9.70. The first-order valence-electron chi connectivity index (χ1n) is 11.6. The first kappa shape index (κ1) is 25.7. The third-order valence-electron chi connectivity index (χ3n) is 7.54.